The summed E-state index contributed by atoms with van der Waals surface area (Å²) in [5.41, 5.74) is 0. The van der Waals surface area contributed by atoms with Crippen molar-refractivity contribution >= 4 is 4.40 Å². The Bertz CT molecular complexity index is 62.6. The predicted octanol–water partition coefficient (Wildman–Crippen LogP) is 1.53. The zero-order chi connectivity index (χ0) is 5.11. The topological polar surface area (TPSA) is 0 Å². The normalized spacial score (nSPS) is 22.9. The molecule has 1 saturated carbocycles. The zero-order valence-corrected chi connectivity index (χ0v) is 7.32. The summed E-state index contributed by atoms with van der Waals surface area (Å²) in [6.45, 7) is 0. The zero-order valence-electron chi connectivity index (χ0n) is 4.39. The van der Waals surface area contributed by atoms with E-state index in [1.165, 1.54) is 25.7 Å². The Morgan fingerprint density at radius 3 is 2.14 bits per heavy atom. The van der Waals surface area contributed by atoms with Gasteiger partial charge in [0.25, 0.3) is 0 Å². The molecule has 1 rings (SSSR count). The van der Waals surface area contributed by atoms with E-state index in [4.69, 9.17) is 0 Å². The first kappa shape index (κ1) is 5.69. The van der Waals surface area contributed by atoms with Crippen LogP contribution in [-0.4, -0.2) is 4.40 Å². The quantitative estimate of drug-likeness (QED) is 0.675. The summed E-state index contributed by atoms with van der Waals surface area (Å²) in [7, 11) is 0. The Morgan fingerprint density at radius 2 is 1.86 bits per heavy atom. The van der Waals surface area contributed by atoms with Crippen LogP contribution in [0.5, 0.6) is 0 Å². The Hall–Kier alpha value is 0.558. The molecule has 0 N–H and O–H groups in total. The van der Waals surface area contributed by atoms with Gasteiger partial charge < -0.3 is 0 Å². The maximum atomic E-state index is 2.42. The molecule has 40 valence electrons. The first-order valence-corrected chi connectivity index (χ1v) is 4.58. The van der Waals surface area contributed by atoms with Gasteiger partial charge in [-0.3, -0.25) is 0 Å². The molecule has 1 aliphatic rings. The summed E-state index contributed by atoms with van der Waals surface area (Å²) in [5.74, 6) is 1.01. The average molecular weight is 266 g/mol. The van der Waals surface area contributed by atoms with E-state index in [-0.39, 0.29) is 0 Å². The van der Waals surface area contributed by atoms with E-state index in [0.717, 1.165) is 5.92 Å². The van der Waals surface area contributed by atoms with Gasteiger partial charge in [0.15, 0.2) is 0 Å². The fourth-order valence-electron chi connectivity index (χ4n) is 1.09. The first-order chi connectivity index (χ1) is 3.43. The molecule has 1 heteroatoms. The van der Waals surface area contributed by atoms with Gasteiger partial charge in [-0.05, 0) is 0 Å². The number of hydrogen-bond acceptors (Lipinski definition) is 0. The van der Waals surface area contributed by atoms with Gasteiger partial charge in [0.2, 0.25) is 0 Å². The van der Waals surface area contributed by atoms with E-state index in [1.807, 2.05) is 0 Å². The molecule has 1 fully saturated rings. The molecule has 0 atom stereocenters. The summed E-state index contributed by atoms with van der Waals surface area (Å²) < 4.78 is 2.42. The summed E-state index contributed by atoms with van der Waals surface area (Å²) in [6.07, 6.45) is 5.91. The van der Waals surface area contributed by atoms with Crippen molar-refractivity contribution in [3.8, 4) is 0 Å². The molecule has 0 aromatic carbocycles. The van der Waals surface area contributed by atoms with Crippen molar-refractivity contribution in [2.45, 2.75) is 25.7 Å². The van der Waals surface area contributed by atoms with Crippen molar-refractivity contribution in [1.82, 2.24) is 0 Å². The molecule has 0 saturated heterocycles. The molecule has 0 bridgehead atoms. The molecule has 0 unspecified atom stereocenters. The van der Waals surface area contributed by atoms with Crippen LogP contribution in [-0.2, 0) is 19.4 Å². The summed E-state index contributed by atoms with van der Waals surface area (Å²) >= 11 is 1.65. The molecule has 0 amide bonds. The summed E-state index contributed by atoms with van der Waals surface area (Å²) in [5, 5.41) is 0. The van der Waals surface area contributed by atoms with Crippen molar-refractivity contribution in [1.29, 1.82) is 0 Å². The minimum absolute atomic E-state index is 1.01. The van der Waals surface area contributed by atoms with Gasteiger partial charge in [0, 0.05) is 0 Å². The monoisotopic (exact) mass is 266 g/mol. The Kier molecular flexibility index (Phi) is 2.25. The van der Waals surface area contributed by atoms with Crippen molar-refractivity contribution in [3.05, 3.63) is 0 Å². The molecule has 0 heterocycles. The van der Waals surface area contributed by atoms with E-state index in [0.29, 0.717) is 0 Å². The van der Waals surface area contributed by atoms with Crippen molar-refractivity contribution in [2.75, 3.05) is 0 Å². The minimum atomic E-state index is 1.01. The van der Waals surface area contributed by atoms with Crippen molar-refractivity contribution < 1.29 is 19.4 Å². The molecular formula is C6H10W. The molecule has 7 heavy (non-hydrogen) atoms. The van der Waals surface area contributed by atoms with Crippen molar-refractivity contribution in [3.63, 3.8) is 0 Å². The van der Waals surface area contributed by atoms with Crippen LogP contribution < -0.4 is 0 Å². The van der Waals surface area contributed by atoms with Gasteiger partial charge in [0.1, 0.15) is 0 Å². The van der Waals surface area contributed by atoms with Gasteiger partial charge >= 0.3 is 55.4 Å². The molecule has 0 nitrogen and oxygen atoms in total. The van der Waals surface area contributed by atoms with E-state index < -0.39 is 0 Å². The average Bonchev–Trinajstić information content (AvgIpc) is 2.14. The fourth-order valence-corrected chi connectivity index (χ4v) is 2.07. The van der Waals surface area contributed by atoms with E-state index in [9.17, 15) is 0 Å². The third kappa shape index (κ3) is 1.49. The van der Waals surface area contributed by atoms with Crippen LogP contribution >= 0.6 is 0 Å². The molecule has 0 aromatic heterocycles. The first-order valence-electron chi connectivity index (χ1n) is 2.89. The van der Waals surface area contributed by atoms with Crippen LogP contribution in [0.4, 0.5) is 0 Å². The Morgan fingerprint density at radius 1 is 1.29 bits per heavy atom. The fraction of sp³-hybridized carbons (Fsp3) is 0.833. The predicted molar refractivity (Wildman–Crippen MR) is 28.0 cm³/mol. The molecule has 0 aliphatic heterocycles. The van der Waals surface area contributed by atoms with Crippen LogP contribution in [0, 0.1) is 5.92 Å². The SMILES string of the molecule is [W]=[CH]C1CCCC1. The molecule has 0 spiro atoms. The molecule has 0 aromatic rings. The van der Waals surface area contributed by atoms with Gasteiger partial charge in [-0.25, -0.2) is 0 Å². The Labute approximate surface area is 55.7 Å². The van der Waals surface area contributed by atoms with Gasteiger partial charge in [-0.1, -0.05) is 0 Å². The van der Waals surface area contributed by atoms with Crippen LogP contribution in [0.3, 0.4) is 0 Å². The van der Waals surface area contributed by atoms with E-state index >= 15 is 0 Å². The van der Waals surface area contributed by atoms with Crippen molar-refractivity contribution in [2.24, 2.45) is 5.92 Å². The summed E-state index contributed by atoms with van der Waals surface area (Å²) in [4.78, 5) is 0. The molecular weight excluding hydrogens is 256 g/mol. The van der Waals surface area contributed by atoms with Gasteiger partial charge in [-0.2, -0.15) is 0 Å². The van der Waals surface area contributed by atoms with Crippen LogP contribution in [0.1, 0.15) is 25.7 Å². The van der Waals surface area contributed by atoms with E-state index in [1.54, 1.807) is 19.4 Å². The second-order valence-corrected chi connectivity index (χ2v) is 3.16. The van der Waals surface area contributed by atoms with E-state index in [2.05, 4.69) is 4.40 Å². The number of hydrogen-bond donors (Lipinski definition) is 0. The van der Waals surface area contributed by atoms with Crippen LogP contribution in [0.2, 0.25) is 0 Å². The molecule has 0 radical (unpaired) electrons. The van der Waals surface area contributed by atoms with Crippen LogP contribution in [0.15, 0.2) is 0 Å². The second-order valence-electron chi connectivity index (χ2n) is 2.18. The standard InChI is InChI=1S/C6H10.W/c1-6-4-2-3-5-6;/h1,6H,2-5H2;. The van der Waals surface area contributed by atoms with Gasteiger partial charge in [0.05, 0.1) is 0 Å². The third-order valence-corrected chi connectivity index (χ3v) is 2.98. The second kappa shape index (κ2) is 2.77. The van der Waals surface area contributed by atoms with Crippen LogP contribution in [0.25, 0.3) is 0 Å². The molecule has 1 aliphatic carbocycles. The third-order valence-electron chi connectivity index (χ3n) is 1.59. The number of rotatable bonds is 1. The maximum absolute atomic E-state index is 2.42. The van der Waals surface area contributed by atoms with Gasteiger partial charge in [-0.15, -0.1) is 0 Å². The Balaban J connectivity index is 2.26. The summed E-state index contributed by atoms with van der Waals surface area (Å²) in [6, 6.07) is 0.